The number of hydrogen-bond acceptors (Lipinski definition) is 4. The SMILES string of the molecule is COc1ccc(NC(=O)[C@H]2CCCN(C(=O)C(C)(C)C)C2)c(OC)c1. The molecule has 1 heterocycles. The second kappa shape index (κ2) is 7.76. The molecule has 0 aromatic heterocycles. The number of ether oxygens (including phenoxy) is 2. The Kier molecular flexibility index (Phi) is 5.93. The molecule has 25 heavy (non-hydrogen) atoms. The highest BCUT2D eigenvalue weighted by Gasteiger charge is 2.33. The van der Waals surface area contributed by atoms with Crippen LogP contribution in [-0.4, -0.2) is 44.0 Å². The number of nitrogens with one attached hydrogen (secondary N) is 1. The molecule has 6 nitrogen and oxygen atoms in total. The molecule has 1 aromatic rings. The molecule has 1 fully saturated rings. The second-order valence-corrected chi connectivity index (χ2v) is 7.40. The summed E-state index contributed by atoms with van der Waals surface area (Å²) in [6, 6.07) is 5.26. The van der Waals surface area contributed by atoms with Crippen LogP contribution in [0.15, 0.2) is 18.2 Å². The summed E-state index contributed by atoms with van der Waals surface area (Å²) >= 11 is 0. The fourth-order valence-corrected chi connectivity index (χ4v) is 2.99. The third kappa shape index (κ3) is 4.65. The van der Waals surface area contributed by atoms with Gasteiger partial charge in [-0.3, -0.25) is 9.59 Å². The Labute approximate surface area is 149 Å². The molecule has 0 unspecified atom stereocenters. The Bertz CT molecular complexity index is 637. The molecule has 2 rings (SSSR count). The molecule has 1 aliphatic heterocycles. The van der Waals surface area contributed by atoms with Gasteiger partial charge >= 0.3 is 0 Å². The van der Waals surface area contributed by atoms with Crippen molar-refractivity contribution in [3.8, 4) is 11.5 Å². The predicted molar refractivity (Wildman–Crippen MR) is 96.9 cm³/mol. The van der Waals surface area contributed by atoms with Gasteiger partial charge in [0.25, 0.3) is 0 Å². The van der Waals surface area contributed by atoms with Gasteiger partial charge in [-0.2, -0.15) is 0 Å². The lowest BCUT2D eigenvalue weighted by atomic mass is 9.91. The van der Waals surface area contributed by atoms with E-state index in [4.69, 9.17) is 9.47 Å². The number of hydrogen-bond donors (Lipinski definition) is 1. The molecule has 0 aliphatic carbocycles. The number of likely N-dealkylation sites (tertiary alicyclic amines) is 1. The summed E-state index contributed by atoms with van der Waals surface area (Å²) in [7, 11) is 3.13. The van der Waals surface area contributed by atoms with E-state index in [-0.39, 0.29) is 17.7 Å². The minimum atomic E-state index is -0.433. The summed E-state index contributed by atoms with van der Waals surface area (Å²) in [6.45, 7) is 6.88. The lowest BCUT2D eigenvalue weighted by molar-refractivity contribution is -0.142. The van der Waals surface area contributed by atoms with Crippen LogP contribution in [0.1, 0.15) is 33.6 Å². The van der Waals surface area contributed by atoms with Gasteiger partial charge in [0, 0.05) is 24.6 Å². The van der Waals surface area contributed by atoms with Gasteiger partial charge in [0.05, 0.1) is 25.8 Å². The van der Waals surface area contributed by atoms with Gasteiger partial charge in [0.1, 0.15) is 11.5 Å². The third-order valence-electron chi connectivity index (χ3n) is 4.39. The maximum absolute atomic E-state index is 12.7. The van der Waals surface area contributed by atoms with Crippen LogP contribution in [0.5, 0.6) is 11.5 Å². The molecule has 0 spiro atoms. The average Bonchev–Trinajstić information content (AvgIpc) is 2.60. The minimum Gasteiger partial charge on any atom is -0.497 e. The first-order valence-corrected chi connectivity index (χ1v) is 8.58. The molecule has 1 saturated heterocycles. The fourth-order valence-electron chi connectivity index (χ4n) is 2.99. The Morgan fingerprint density at radius 2 is 1.92 bits per heavy atom. The van der Waals surface area contributed by atoms with Crippen molar-refractivity contribution in [3.05, 3.63) is 18.2 Å². The molecule has 0 bridgehead atoms. The predicted octanol–water partition coefficient (Wildman–Crippen LogP) is 2.93. The number of carbonyl (C=O) groups excluding carboxylic acids is 2. The van der Waals surface area contributed by atoms with E-state index in [1.54, 1.807) is 37.3 Å². The molecule has 2 amide bonds. The van der Waals surface area contributed by atoms with Crippen LogP contribution in [0.3, 0.4) is 0 Å². The van der Waals surface area contributed by atoms with Crippen molar-refractivity contribution in [2.24, 2.45) is 11.3 Å². The number of nitrogens with zero attached hydrogens (tertiary/aromatic N) is 1. The van der Waals surface area contributed by atoms with Crippen molar-refractivity contribution >= 4 is 17.5 Å². The molecule has 6 heteroatoms. The van der Waals surface area contributed by atoms with Crippen molar-refractivity contribution in [3.63, 3.8) is 0 Å². The molecule has 1 aliphatic rings. The Morgan fingerprint density at radius 1 is 1.20 bits per heavy atom. The largest absolute Gasteiger partial charge is 0.497 e. The molecule has 0 radical (unpaired) electrons. The Balaban J connectivity index is 2.07. The first-order valence-electron chi connectivity index (χ1n) is 8.58. The van der Waals surface area contributed by atoms with Crippen LogP contribution >= 0.6 is 0 Å². The van der Waals surface area contributed by atoms with Gasteiger partial charge in [-0.05, 0) is 25.0 Å². The normalized spacial score (nSPS) is 17.8. The van der Waals surface area contributed by atoms with Crippen LogP contribution in [0.25, 0.3) is 0 Å². The molecule has 1 aromatic carbocycles. The van der Waals surface area contributed by atoms with Crippen LogP contribution in [0.2, 0.25) is 0 Å². The van der Waals surface area contributed by atoms with Crippen molar-refractivity contribution in [1.29, 1.82) is 0 Å². The highest BCUT2D eigenvalue weighted by molar-refractivity contribution is 5.94. The summed E-state index contributed by atoms with van der Waals surface area (Å²) in [6.07, 6.45) is 1.61. The summed E-state index contributed by atoms with van der Waals surface area (Å²) in [5.41, 5.74) is 0.171. The first kappa shape index (κ1) is 19.1. The lowest BCUT2D eigenvalue weighted by Crippen LogP contribution is -2.47. The van der Waals surface area contributed by atoms with Crippen molar-refractivity contribution < 1.29 is 19.1 Å². The highest BCUT2D eigenvalue weighted by atomic mass is 16.5. The molecule has 1 atom stereocenters. The number of amides is 2. The number of rotatable bonds is 4. The fraction of sp³-hybridized carbons (Fsp3) is 0.579. The van der Waals surface area contributed by atoms with Crippen molar-refractivity contribution in [2.75, 3.05) is 32.6 Å². The Hall–Kier alpha value is -2.24. The van der Waals surface area contributed by atoms with Crippen LogP contribution < -0.4 is 14.8 Å². The highest BCUT2D eigenvalue weighted by Crippen LogP contribution is 2.30. The molecule has 138 valence electrons. The zero-order chi connectivity index (χ0) is 18.6. The van der Waals surface area contributed by atoms with Gasteiger partial charge in [-0.25, -0.2) is 0 Å². The van der Waals surface area contributed by atoms with E-state index in [2.05, 4.69) is 5.32 Å². The van der Waals surface area contributed by atoms with E-state index in [0.717, 1.165) is 12.8 Å². The number of anilines is 1. The lowest BCUT2D eigenvalue weighted by Gasteiger charge is -2.35. The number of carbonyl (C=O) groups is 2. The van der Waals surface area contributed by atoms with Gasteiger partial charge in [-0.1, -0.05) is 20.8 Å². The Morgan fingerprint density at radius 3 is 2.52 bits per heavy atom. The van der Waals surface area contributed by atoms with Crippen LogP contribution in [0, 0.1) is 11.3 Å². The zero-order valence-corrected chi connectivity index (χ0v) is 15.7. The van der Waals surface area contributed by atoms with E-state index in [0.29, 0.717) is 30.3 Å². The van der Waals surface area contributed by atoms with Crippen LogP contribution in [0.4, 0.5) is 5.69 Å². The number of benzene rings is 1. The minimum absolute atomic E-state index is 0.0881. The summed E-state index contributed by atoms with van der Waals surface area (Å²) in [4.78, 5) is 27.0. The topological polar surface area (TPSA) is 67.9 Å². The molecular formula is C19H28N2O4. The third-order valence-corrected chi connectivity index (χ3v) is 4.39. The van der Waals surface area contributed by atoms with Gasteiger partial charge in [0.2, 0.25) is 11.8 Å². The quantitative estimate of drug-likeness (QED) is 0.908. The zero-order valence-electron chi connectivity index (χ0n) is 15.7. The van der Waals surface area contributed by atoms with E-state index < -0.39 is 5.41 Å². The van der Waals surface area contributed by atoms with E-state index in [1.807, 2.05) is 20.8 Å². The molecular weight excluding hydrogens is 320 g/mol. The van der Waals surface area contributed by atoms with E-state index >= 15 is 0 Å². The molecule has 0 saturated carbocycles. The standard InChI is InChI=1S/C19H28N2O4/c1-19(2,3)18(23)21-10-6-7-13(12-21)17(22)20-15-9-8-14(24-4)11-16(15)25-5/h8-9,11,13H,6-7,10,12H2,1-5H3,(H,20,22)/t13-/m0/s1. The summed E-state index contributed by atoms with van der Waals surface area (Å²) in [5.74, 6) is 0.995. The maximum Gasteiger partial charge on any atom is 0.229 e. The van der Waals surface area contributed by atoms with E-state index in [1.165, 1.54) is 0 Å². The van der Waals surface area contributed by atoms with Crippen molar-refractivity contribution in [1.82, 2.24) is 4.90 Å². The van der Waals surface area contributed by atoms with Crippen LogP contribution in [-0.2, 0) is 9.59 Å². The molecule has 1 N–H and O–H groups in total. The maximum atomic E-state index is 12.7. The van der Waals surface area contributed by atoms with Gasteiger partial charge < -0.3 is 19.7 Å². The van der Waals surface area contributed by atoms with Crippen molar-refractivity contribution in [2.45, 2.75) is 33.6 Å². The first-order chi connectivity index (χ1) is 11.8. The van der Waals surface area contributed by atoms with E-state index in [9.17, 15) is 9.59 Å². The number of methoxy groups -OCH3 is 2. The summed E-state index contributed by atoms with van der Waals surface area (Å²) < 4.78 is 10.5. The smallest absolute Gasteiger partial charge is 0.229 e. The monoisotopic (exact) mass is 348 g/mol. The van der Waals surface area contributed by atoms with Gasteiger partial charge in [-0.15, -0.1) is 0 Å². The second-order valence-electron chi connectivity index (χ2n) is 7.40. The summed E-state index contributed by atoms with van der Waals surface area (Å²) in [5, 5.41) is 2.92. The van der Waals surface area contributed by atoms with Gasteiger partial charge in [0.15, 0.2) is 0 Å². The average molecular weight is 348 g/mol. The number of piperidine rings is 1.